The van der Waals surface area contributed by atoms with E-state index in [1.54, 1.807) is 18.3 Å². The van der Waals surface area contributed by atoms with Crippen LogP contribution in [-0.2, 0) is 0 Å². The van der Waals surface area contributed by atoms with Gasteiger partial charge in [0.05, 0.1) is 22.4 Å². The Morgan fingerprint density at radius 1 is 1.37 bits per heavy atom. The van der Waals surface area contributed by atoms with E-state index in [0.717, 1.165) is 15.7 Å². The summed E-state index contributed by atoms with van der Waals surface area (Å²) in [5.74, 6) is -0.232. The van der Waals surface area contributed by atoms with Crippen LogP contribution >= 0.6 is 15.9 Å². The monoisotopic (exact) mass is 325 g/mol. The summed E-state index contributed by atoms with van der Waals surface area (Å²) in [6.45, 7) is 4.14. The van der Waals surface area contributed by atoms with Gasteiger partial charge in [-0.15, -0.1) is 0 Å². The number of hydrogen-bond acceptors (Lipinski definition) is 2. The normalized spacial score (nSPS) is 12.9. The number of nitrogens with one attached hydrogen (secondary N) is 1. The Labute approximate surface area is 121 Å². The molecule has 0 fully saturated rings. The number of hydrogen-bond donors (Lipinski definition) is 1. The molecule has 0 saturated carbocycles. The van der Waals surface area contributed by atoms with Crippen molar-refractivity contribution in [3.8, 4) is 0 Å². The molecule has 0 bridgehead atoms. The van der Waals surface area contributed by atoms with Crippen LogP contribution in [-0.4, -0.2) is 16.8 Å². The third-order valence-corrected chi connectivity index (χ3v) is 3.63. The molecule has 0 spiro atoms. The molecule has 0 amide bonds. The van der Waals surface area contributed by atoms with Gasteiger partial charge in [0.2, 0.25) is 0 Å². The molecule has 102 valence electrons. The summed E-state index contributed by atoms with van der Waals surface area (Å²) in [5, 5.41) is 7.59. The average molecular weight is 326 g/mol. The maximum absolute atomic E-state index is 13.4. The van der Waals surface area contributed by atoms with Crippen LogP contribution in [0.3, 0.4) is 0 Å². The summed E-state index contributed by atoms with van der Waals surface area (Å²) in [6, 6.07) is 6.77. The molecule has 2 aromatic rings. The van der Waals surface area contributed by atoms with Crippen LogP contribution in [0, 0.1) is 5.82 Å². The zero-order valence-electron chi connectivity index (χ0n) is 11.2. The van der Waals surface area contributed by atoms with Crippen molar-refractivity contribution in [2.24, 2.45) is 0 Å². The third-order valence-electron chi connectivity index (χ3n) is 3.02. The first-order valence-electron chi connectivity index (χ1n) is 6.20. The van der Waals surface area contributed by atoms with Gasteiger partial charge < -0.3 is 5.32 Å². The van der Waals surface area contributed by atoms with Gasteiger partial charge >= 0.3 is 0 Å². The van der Waals surface area contributed by atoms with Gasteiger partial charge in [-0.05, 0) is 54.5 Å². The Morgan fingerprint density at radius 2 is 2.11 bits per heavy atom. The van der Waals surface area contributed by atoms with Crippen LogP contribution < -0.4 is 5.32 Å². The molecular weight excluding hydrogens is 309 g/mol. The standard InChI is InChI=1S/C14H17BrFN3/c1-9(2)19-14(12(15)8-18-19)13(17-3)10-5-4-6-11(16)7-10/h4-9,13,17H,1-3H3. The van der Waals surface area contributed by atoms with E-state index in [9.17, 15) is 4.39 Å². The highest BCUT2D eigenvalue weighted by Gasteiger charge is 2.22. The summed E-state index contributed by atoms with van der Waals surface area (Å²) in [6.07, 6.45) is 1.78. The minimum Gasteiger partial charge on any atom is -0.308 e. The maximum Gasteiger partial charge on any atom is 0.123 e. The lowest BCUT2D eigenvalue weighted by molar-refractivity contribution is 0.482. The van der Waals surface area contributed by atoms with Gasteiger partial charge in [0, 0.05) is 6.04 Å². The topological polar surface area (TPSA) is 29.9 Å². The lowest BCUT2D eigenvalue weighted by atomic mass is 10.0. The van der Waals surface area contributed by atoms with Crippen molar-refractivity contribution in [1.29, 1.82) is 0 Å². The SMILES string of the molecule is CNC(c1cccc(F)c1)c1c(Br)cnn1C(C)C. The lowest BCUT2D eigenvalue weighted by Crippen LogP contribution is -2.23. The van der Waals surface area contributed by atoms with E-state index in [4.69, 9.17) is 0 Å². The molecule has 0 radical (unpaired) electrons. The largest absolute Gasteiger partial charge is 0.308 e. The van der Waals surface area contributed by atoms with E-state index in [2.05, 4.69) is 40.2 Å². The Kier molecular flexibility index (Phi) is 4.37. The second-order valence-corrected chi connectivity index (χ2v) is 5.55. The van der Waals surface area contributed by atoms with Gasteiger partial charge in [-0.2, -0.15) is 5.10 Å². The van der Waals surface area contributed by atoms with Crippen LogP contribution in [0.1, 0.15) is 37.2 Å². The Bertz CT molecular complexity index is 566. The van der Waals surface area contributed by atoms with Gasteiger partial charge in [0.25, 0.3) is 0 Å². The smallest absolute Gasteiger partial charge is 0.123 e. The summed E-state index contributed by atoms with van der Waals surface area (Å²) < 4.78 is 16.3. The molecule has 1 atom stereocenters. The zero-order chi connectivity index (χ0) is 14.0. The maximum atomic E-state index is 13.4. The van der Waals surface area contributed by atoms with Crippen molar-refractivity contribution in [2.45, 2.75) is 25.9 Å². The highest BCUT2D eigenvalue weighted by molar-refractivity contribution is 9.10. The molecule has 1 N–H and O–H groups in total. The fourth-order valence-electron chi connectivity index (χ4n) is 2.18. The van der Waals surface area contributed by atoms with Crippen LogP contribution in [0.2, 0.25) is 0 Å². The molecule has 1 unspecified atom stereocenters. The molecular formula is C14H17BrFN3. The Morgan fingerprint density at radius 3 is 2.68 bits per heavy atom. The van der Waals surface area contributed by atoms with E-state index in [-0.39, 0.29) is 17.9 Å². The predicted molar refractivity (Wildman–Crippen MR) is 77.6 cm³/mol. The van der Waals surface area contributed by atoms with Crippen molar-refractivity contribution in [3.63, 3.8) is 0 Å². The summed E-state index contributed by atoms with van der Waals surface area (Å²) in [4.78, 5) is 0. The summed E-state index contributed by atoms with van der Waals surface area (Å²) in [5.41, 5.74) is 1.88. The minimum absolute atomic E-state index is 0.102. The molecule has 19 heavy (non-hydrogen) atoms. The van der Waals surface area contributed by atoms with Gasteiger partial charge in [-0.25, -0.2) is 4.39 Å². The van der Waals surface area contributed by atoms with Crippen LogP contribution in [0.15, 0.2) is 34.9 Å². The molecule has 1 aromatic heterocycles. The van der Waals surface area contributed by atoms with Crippen LogP contribution in [0.25, 0.3) is 0 Å². The third kappa shape index (κ3) is 2.87. The first-order chi connectivity index (χ1) is 9.04. The van der Waals surface area contributed by atoms with E-state index in [1.165, 1.54) is 6.07 Å². The van der Waals surface area contributed by atoms with Crippen molar-refractivity contribution < 1.29 is 4.39 Å². The molecule has 0 saturated heterocycles. The van der Waals surface area contributed by atoms with Gasteiger partial charge in [-0.3, -0.25) is 4.68 Å². The van der Waals surface area contributed by atoms with Gasteiger partial charge in [0.1, 0.15) is 5.82 Å². The van der Waals surface area contributed by atoms with E-state index in [0.29, 0.717) is 0 Å². The highest BCUT2D eigenvalue weighted by Crippen LogP contribution is 2.30. The minimum atomic E-state index is -0.232. The quantitative estimate of drug-likeness (QED) is 0.929. The van der Waals surface area contributed by atoms with Crippen molar-refractivity contribution in [3.05, 3.63) is 52.0 Å². The molecule has 0 aliphatic rings. The first-order valence-corrected chi connectivity index (χ1v) is 6.99. The molecule has 0 aliphatic heterocycles. The van der Waals surface area contributed by atoms with Crippen molar-refractivity contribution >= 4 is 15.9 Å². The number of nitrogens with zero attached hydrogens (tertiary/aromatic N) is 2. The average Bonchev–Trinajstić information content (AvgIpc) is 2.73. The summed E-state index contributed by atoms with van der Waals surface area (Å²) in [7, 11) is 1.86. The lowest BCUT2D eigenvalue weighted by Gasteiger charge is -2.21. The number of benzene rings is 1. The zero-order valence-corrected chi connectivity index (χ0v) is 12.8. The number of rotatable bonds is 4. The van der Waals surface area contributed by atoms with Crippen molar-refractivity contribution in [1.82, 2.24) is 15.1 Å². The number of halogens is 2. The molecule has 3 nitrogen and oxygen atoms in total. The molecule has 5 heteroatoms. The van der Waals surface area contributed by atoms with Gasteiger partial charge in [-0.1, -0.05) is 12.1 Å². The van der Waals surface area contributed by atoms with Crippen LogP contribution in [0.5, 0.6) is 0 Å². The van der Waals surface area contributed by atoms with Crippen LogP contribution in [0.4, 0.5) is 4.39 Å². The second kappa shape index (κ2) is 5.84. The fourth-order valence-corrected chi connectivity index (χ4v) is 2.68. The summed E-state index contributed by atoms with van der Waals surface area (Å²) >= 11 is 3.53. The van der Waals surface area contributed by atoms with E-state index < -0.39 is 0 Å². The Hall–Kier alpha value is -1.20. The highest BCUT2D eigenvalue weighted by atomic mass is 79.9. The molecule has 1 heterocycles. The molecule has 2 rings (SSSR count). The van der Waals surface area contributed by atoms with E-state index >= 15 is 0 Å². The van der Waals surface area contributed by atoms with Crippen molar-refractivity contribution in [2.75, 3.05) is 7.05 Å². The Balaban J connectivity index is 2.51. The fraction of sp³-hybridized carbons (Fsp3) is 0.357. The molecule has 0 aliphatic carbocycles. The predicted octanol–water partition coefficient (Wildman–Crippen LogP) is 3.67. The number of aromatic nitrogens is 2. The second-order valence-electron chi connectivity index (χ2n) is 4.69. The van der Waals surface area contributed by atoms with Gasteiger partial charge in [0.15, 0.2) is 0 Å². The van der Waals surface area contributed by atoms with E-state index in [1.807, 2.05) is 17.8 Å². The first kappa shape index (κ1) is 14.2. The molecule has 1 aromatic carbocycles.